The van der Waals surface area contributed by atoms with Crippen LogP contribution < -0.4 is 10.6 Å². The van der Waals surface area contributed by atoms with Crippen molar-refractivity contribution in [2.45, 2.75) is 6.10 Å². The third kappa shape index (κ3) is 2.45. The summed E-state index contributed by atoms with van der Waals surface area (Å²) < 4.78 is 1.81. The van der Waals surface area contributed by atoms with E-state index in [1.54, 1.807) is 35.1 Å². The summed E-state index contributed by atoms with van der Waals surface area (Å²) in [5, 5.41) is 15.6. The number of amides is 1. The fourth-order valence-corrected chi connectivity index (χ4v) is 2.31. The number of rotatable bonds is 3. The van der Waals surface area contributed by atoms with Crippen molar-refractivity contribution in [2.75, 3.05) is 19.6 Å². The summed E-state index contributed by atoms with van der Waals surface area (Å²) in [6.45, 7) is 1.82. The lowest BCUT2D eigenvalue weighted by Gasteiger charge is -2.14. The third-order valence-corrected chi connectivity index (χ3v) is 3.48. The Bertz CT molecular complexity index is 595. The zero-order chi connectivity index (χ0) is 13.2. The van der Waals surface area contributed by atoms with E-state index in [-0.39, 0.29) is 17.9 Å². The maximum Gasteiger partial charge on any atom is 0.252 e. The van der Waals surface area contributed by atoms with Gasteiger partial charge in [-0.05, 0) is 12.1 Å². The van der Waals surface area contributed by atoms with E-state index in [1.807, 2.05) is 0 Å². The Kier molecular flexibility index (Phi) is 3.18. The molecular weight excluding hydrogens is 244 g/mol. The maximum absolute atomic E-state index is 12.0. The molecule has 1 saturated heterocycles. The van der Waals surface area contributed by atoms with Gasteiger partial charge in [0.15, 0.2) is 0 Å². The number of nitrogens with zero attached hydrogens (tertiary/aromatic N) is 2. The molecule has 2 aromatic rings. The molecule has 2 aromatic heterocycles. The lowest BCUT2D eigenvalue weighted by Crippen LogP contribution is -2.34. The molecule has 3 N–H and O–H groups in total. The number of imidazole rings is 1. The number of hydrogen-bond donors (Lipinski definition) is 3. The molecular formula is C13H16N4O2. The highest BCUT2D eigenvalue weighted by molar-refractivity contribution is 5.94. The smallest absolute Gasteiger partial charge is 0.252 e. The molecule has 0 aliphatic carbocycles. The summed E-state index contributed by atoms with van der Waals surface area (Å²) in [7, 11) is 0. The monoisotopic (exact) mass is 260 g/mol. The van der Waals surface area contributed by atoms with E-state index in [0.717, 1.165) is 12.2 Å². The predicted octanol–water partition coefficient (Wildman–Crippen LogP) is -0.356. The Morgan fingerprint density at radius 2 is 2.42 bits per heavy atom. The van der Waals surface area contributed by atoms with Gasteiger partial charge in [-0.15, -0.1) is 0 Å². The number of β-amino-alcohol motifs (C(OH)–C–C–N with tert-alkyl or cyclic N) is 1. The van der Waals surface area contributed by atoms with Crippen molar-refractivity contribution in [3.05, 3.63) is 36.3 Å². The lowest BCUT2D eigenvalue weighted by atomic mass is 10.1. The largest absolute Gasteiger partial charge is 0.391 e. The number of carbonyl (C=O) groups is 1. The molecule has 19 heavy (non-hydrogen) atoms. The fraction of sp³-hybridized carbons (Fsp3) is 0.385. The summed E-state index contributed by atoms with van der Waals surface area (Å²) >= 11 is 0. The first-order valence-corrected chi connectivity index (χ1v) is 6.34. The van der Waals surface area contributed by atoms with E-state index in [0.29, 0.717) is 18.7 Å². The van der Waals surface area contributed by atoms with Crippen molar-refractivity contribution in [1.82, 2.24) is 20.0 Å². The molecule has 1 fully saturated rings. The van der Waals surface area contributed by atoms with Crippen LogP contribution >= 0.6 is 0 Å². The molecule has 1 aliphatic heterocycles. The molecule has 0 aromatic carbocycles. The summed E-state index contributed by atoms with van der Waals surface area (Å²) in [5.74, 6) is -0.0457. The number of aromatic nitrogens is 2. The second-order valence-corrected chi connectivity index (χ2v) is 4.81. The molecule has 1 aliphatic rings. The van der Waals surface area contributed by atoms with E-state index >= 15 is 0 Å². The first-order chi connectivity index (χ1) is 9.24. The molecule has 2 atom stereocenters. The van der Waals surface area contributed by atoms with Gasteiger partial charge in [0.05, 0.1) is 11.7 Å². The third-order valence-electron chi connectivity index (χ3n) is 3.48. The van der Waals surface area contributed by atoms with Gasteiger partial charge in [0.25, 0.3) is 5.91 Å². The van der Waals surface area contributed by atoms with Crippen molar-refractivity contribution in [3.63, 3.8) is 0 Å². The molecule has 2 unspecified atom stereocenters. The number of fused-ring (bicyclic) bond motifs is 1. The van der Waals surface area contributed by atoms with Crippen LogP contribution in [-0.4, -0.2) is 46.1 Å². The Morgan fingerprint density at radius 3 is 3.21 bits per heavy atom. The maximum atomic E-state index is 12.0. The number of aliphatic hydroxyl groups excluding tert-OH is 1. The Morgan fingerprint density at radius 1 is 1.53 bits per heavy atom. The SMILES string of the molecule is O=C(NCC1CNCC1O)c1ccc2nccn2c1. The molecule has 0 radical (unpaired) electrons. The minimum atomic E-state index is -0.378. The summed E-state index contributed by atoms with van der Waals surface area (Å²) in [4.78, 5) is 16.2. The lowest BCUT2D eigenvalue weighted by molar-refractivity contribution is 0.0926. The van der Waals surface area contributed by atoms with Crippen LogP contribution in [-0.2, 0) is 0 Å². The van der Waals surface area contributed by atoms with E-state index < -0.39 is 0 Å². The van der Waals surface area contributed by atoms with Crippen LogP contribution in [0.2, 0.25) is 0 Å². The molecule has 0 spiro atoms. The summed E-state index contributed by atoms with van der Waals surface area (Å²) in [6, 6.07) is 3.56. The quantitative estimate of drug-likeness (QED) is 0.704. The molecule has 3 rings (SSSR count). The van der Waals surface area contributed by atoms with Crippen LogP contribution in [0.3, 0.4) is 0 Å². The second-order valence-electron chi connectivity index (χ2n) is 4.81. The highest BCUT2D eigenvalue weighted by atomic mass is 16.3. The first kappa shape index (κ1) is 12.1. The molecule has 6 nitrogen and oxygen atoms in total. The molecule has 1 amide bonds. The topological polar surface area (TPSA) is 78.7 Å². The number of carbonyl (C=O) groups excluding carboxylic acids is 1. The van der Waals surface area contributed by atoms with Crippen LogP contribution in [0.1, 0.15) is 10.4 Å². The number of hydrogen-bond acceptors (Lipinski definition) is 4. The van der Waals surface area contributed by atoms with Gasteiger partial charge in [-0.1, -0.05) is 0 Å². The van der Waals surface area contributed by atoms with Crippen molar-refractivity contribution in [1.29, 1.82) is 0 Å². The van der Waals surface area contributed by atoms with Crippen molar-refractivity contribution >= 4 is 11.6 Å². The van der Waals surface area contributed by atoms with Crippen LogP contribution in [0, 0.1) is 5.92 Å². The van der Waals surface area contributed by atoms with Gasteiger partial charge in [-0.25, -0.2) is 4.98 Å². The average Bonchev–Trinajstić information content (AvgIpc) is 3.03. The average molecular weight is 260 g/mol. The zero-order valence-corrected chi connectivity index (χ0v) is 10.4. The molecule has 0 saturated carbocycles. The van der Waals surface area contributed by atoms with Gasteiger partial charge in [0, 0.05) is 44.1 Å². The van der Waals surface area contributed by atoms with Gasteiger partial charge < -0.3 is 20.1 Å². The minimum Gasteiger partial charge on any atom is -0.391 e. The van der Waals surface area contributed by atoms with Crippen molar-refractivity contribution < 1.29 is 9.90 Å². The van der Waals surface area contributed by atoms with E-state index in [2.05, 4.69) is 15.6 Å². The zero-order valence-electron chi connectivity index (χ0n) is 10.4. The molecule has 6 heteroatoms. The number of nitrogens with one attached hydrogen (secondary N) is 2. The van der Waals surface area contributed by atoms with Crippen LogP contribution in [0.4, 0.5) is 0 Å². The molecule has 3 heterocycles. The summed E-state index contributed by atoms with van der Waals surface area (Å²) in [5.41, 5.74) is 1.40. The van der Waals surface area contributed by atoms with E-state index in [9.17, 15) is 9.90 Å². The molecule has 0 bridgehead atoms. The van der Waals surface area contributed by atoms with Crippen molar-refractivity contribution in [3.8, 4) is 0 Å². The van der Waals surface area contributed by atoms with Crippen LogP contribution in [0.5, 0.6) is 0 Å². The standard InChI is InChI=1S/C13H16N4O2/c18-11-7-14-5-10(11)6-16-13(19)9-1-2-12-15-3-4-17(12)8-9/h1-4,8,10-11,14,18H,5-7H2,(H,16,19). The van der Waals surface area contributed by atoms with Crippen molar-refractivity contribution in [2.24, 2.45) is 5.92 Å². The van der Waals surface area contributed by atoms with Gasteiger partial charge in [0.1, 0.15) is 5.65 Å². The Balaban J connectivity index is 1.66. The van der Waals surface area contributed by atoms with Gasteiger partial charge in [-0.3, -0.25) is 4.79 Å². The number of aliphatic hydroxyl groups is 1. The van der Waals surface area contributed by atoms with E-state index in [1.165, 1.54) is 0 Å². The van der Waals surface area contributed by atoms with Gasteiger partial charge in [0.2, 0.25) is 0 Å². The Hall–Kier alpha value is -1.92. The normalized spacial score (nSPS) is 22.8. The first-order valence-electron chi connectivity index (χ1n) is 6.34. The van der Waals surface area contributed by atoms with Crippen LogP contribution in [0.25, 0.3) is 5.65 Å². The van der Waals surface area contributed by atoms with E-state index in [4.69, 9.17) is 0 Å². The van der Waals surface area contributed by atoms with Crippen LogP contribution in [0.15, 0.2) is 30.7 Å². The molecule has 100 valence electrons. The fourth-order valence-electron chi connectivity index (χ4n) is 2.31. The minimum absolute atomic E-state index is 0.0842. The highest BCUT2D eigenvalue weighted by Crippen LogP contribution is 2.08. The second kappa shape index (κ2) is 4.99. The van der Waals surface area contributed by atoms with Gasteiger partial charge in [-0.2, -0.15) is 0 Å². The summed E-state index contributed by atoms with van der Waals surface area (Å²) in [6.07, 6.45) is 4.87. The number of pyridine rings is 1. The highest BCUT2D eigenvalue weighted by Gasteiger charge is 2.25. The Labute approximate surface area is 110 Å². The predicted molar refractivity (Wildman–Crippen MR) is 69.9 cm³/mol. The van der Waals surface area contributed by atoms with Gasteiger partial charge >= 0.3 is 0 Å².